The molecule has 126 valence electrons. The summed E-state index contributed by atoms with van der Waals surface area (Å²) in [7, 11) is 0. The molecule has 1 fully saturated rings. The molecule has 2 amide bonds. The van der Waals surface area contributed by atoms with E-state index in [9.17, 15) is 9.59 Å². The molecule has 1 saturated heterocycles. The van der Waals surface area contributed by atoms with E-state index in [1.807, 2.05) is 38.1 Å². The fourth-order valence-corrected chi connectivity index (χ4v) is 3.80. The molecular weight excluding hydrogens is 322 g/mol. The maximum Gasteiger partial charge on any atom is 0.263 e. The van der Waals surface area contributed by atoms with Crippen molar-refractivity contribution in [3.63, 3.8) is 0 Å². The SMILES string of the molecule is CCc1nc(N2CCCC2=O)sc1C(=O)NCc1ccc(C)cc1. The fraction of sp³-hybridized carbons (Fsp3) is 0.389. The number of carbonyl (C=O) groups is 2. The van der Waals surface area contributed by atoms with Crippen LogP contribution in [-0.4, -0.2) is 23.3 Å². The van der Waals surface area contributed by atoms with Crippen molar-refractivity contribution in [3.05, 3.63) is 46.0 Å². The van der Waals surface area contributed by atoms with Crippen molar-refractivity contribution in [2.24, 2.45) is 0 Å². The van der Waals surface area contributed by atoms with Crippen LogP contribution in [0.1, 0.15) is 46.3 Å². The molecule has 24 heavy (non-hydrogen) atoms. The van der Waals surface area contributed by atoms with E-state index in [0.717, 1.165) is 17.7 Å². The molecule has 1 aromatic carbocycles. The molecule has 2 heterocycles. The fourth-order valence-electron chi connectivity index (χ4n) is 2.69. The van der Waals surface area contributed by atoms with Gasteiger partial charge in [0.1, 0.15) is 4.88 Å². The second-order valence-corrected chi connectivity index (χ2v) is 6.92. The van der Waals surface area contributed by atoms with Gasteiger partial charge in [0.25, 0.3) is 5.91 Å². The maximum absolute atomic E-state index is 12.5. The minimum atomic E-state index is -0.122. The zero-order chi connectivity index (χ0) is 17.1. The van der Waals surface area contributed by atoms with Gasteiger partial charge in [-0.15, -0.1) is 0 Å². The van der Waals surface area contributed by atoms with E-state index in [1.165, 1.54) is 16.9 Å². The van der Waals surface area contributed by atoms with Crippen LogP contribution in [0.15, 0.2) is 24.3 Å². The summed E-state index contributed by atoms with van der Waals surface area (Å²) in [5, 5.41) is 3.60. The Bertz CT molecular complexity index is 752. The monoisotopic (exact) mass is 343 g/mol. The molecule has 0 saturated carbocycles. The summed E-state index contributed by atoms with van der Waals surface area (Å²) < 4.78 is 0. The maximum atomic E-state index is 12.5. The quantitative estimate of drug-likeness (QED) is 0.907. The lowest BCUT2D eigenvalue weighted by atomic mass is 10.1. The van der Waals surface area contributed by atoms with Gasteiger partial charge in [-0.2, -0.15) is 0 Å². The third-order valence-corrected chi connectivity index (χ3v) is 5.22. The van der Waals surface area contributed by atoms with Crippen LogP contribution in [0, 0.1) is 6.92 Å². The lowest BCUT2D eigenvalue weighted by Gasteiger charge is -2.10. The lowest BCUT2D eigenvalue weighted by Crippen LogP contribution is -2.23. The number of anilines is 1. The van der Waals surface area contributed by atoms with Crippen LogP contribution in [0.4, 0.5) is 5.13 Å². The highest BCUT2D eigenvalue weighted by atomic mass is 32.1. The second kappa shape index (κ2) is 7.13. The van der Waals surface area contributed by atoms with Crippen LogP contribution < -0.4 is 10.2 Å². The van der Waals surface area contributed by atoms with E-state index in [0.29, 0.717) is 35.9 Å². The molecular formula is C18H21N3O2S. The van der Waals surface area contributed by atoms with E-state index < -0.39 is 0 Å². The number of benzene rings is 1. The first kappa shape index (κ1) is 16.6. The van der Waals surface area contributed by atoms with Crippen LogP contribution in [-0.2, 0) is 17.8 Å². The van der Waals surface area contributed by atoms with Crippen LogP contribution in [0.3, 0.4) is 0 Å². The van der Waals surface area contributed by atoms with Crippen LogP contribution >= 0.6 is 11.3 Å². The van der Waals surface area contributed by atoms with E-state index >= 15 is 0 Å². The molecule has 0 spiro atoms. The van der Waals surface area contributed by atoms with Gasteiger partial charge in [-0.05, 0) is 25.3 Å². The number of hydrogen-bond donors (Lipinski definition) is 1. The Morgan fingerprint density at radius 3 is 2.71 bits per heavy atom. The molecule has 1 aromatic heterocycles. The summed E-state index contributed by atoms with van der Waals surface area (Å²) >= 11 is 1.31. The molecule has 5 nitrogen and oxygen atoms in total. The summed E-state index contributed by atoms with van der Waals surface area (Å²) in [5.74, 6) is -0.0270. The second-order valence-electron chi connectivity index (χ2n) is 5.94. The first-order valence-corrected chi connectivity index (χ1v) is 9.04. The summed E-state index contributed by atoms with van der Waals surface area (Å²) in [6.45, 7) is 5.19. The highest BCUT2D eigenvalue weighted by molar-refractivity contribution is 7.17. The summed E-state index contributed by atoms with van der Waals surface area (Å²) in [6, 6.07) is 8.08. The number of carbonyl (C=O) groups excluding carboxylic acids is 2. The van der Waals surface area contributed by atoms with E-state index in [4.69, 9.17) is 0 Å². The van der Waals surface area contributed by atoms with E-state index in [2.05, 4.69) is 10.3 Å². The summed E-state index contributed by atoms with van der Waals surface area (Å²) in [4.78, 5) is 31.2. The third-order valence-electron chi connectivity index (χ3n) is 4.11. The Morgan fingerprint density at radius 1 is 1.33 bits per heavy atom. The van der Waals surface area contributed by atoms with Gasteiger partial charge in [-0.3, -0.25) is 14.5 Å². The zero-order valence-electron chi connectivity index (χ0n) is 14.0. The van der Waals surface area contributed by atoms with Gasteiger partial charge in [-0.25, -0.2) is 4.98 Å². The smallest absolute Gasteiger partial charge is 0.263 e. The summed E-state index contributed by atoms with van der Waals surface area (Å²) in [6.07, 6.45) is 2.09. The number of aromatic nitrogens is 1. The molecule has 0 aliphatic carbocycles. The van der Waals surface area contributed by atoms with Crippen LogP contribution in [0.5, 0.6) is 0 Å². The molecule has 6 heteroatoms. The Kier molecular flexibility index (Phi) is 4.94. The van der Waals surface area contributed by atoms with Gasteiger partial charge < -0.3 is 5.32 Å². The van der Waals surface area contributed by atoms with Crippen LogP contribution in [0.25, 0.3) is 0 Å². The Labute approximate surface area is 145 Å². The molecule has 1 N–H and O–H groups in total. The van der Waals surface area contributed by atoms with Gasteiger partial charge >= 0.3 is 0 Å². The minimum Gasteiger partial charge on any atom is -0.347 e. The van der Waals surface area contributed by atoms with E-state index in [-0.39, 0.29) is 11.8 Å². The number of aryl methyl sites for hydroxylation is 2. The predicted octanol–water partition coefficient (Wildman–Crippen LogP) is 3.07. The zero-order valence-corrected chi connectivity index (χ0v) is 14.8. The highest BCUT2D eigenvalue weighted by Crippen LogP contribution is 2.29. The number of rotatable bonds is 5. The first-order chi connectivity index (χ1) is 11.6. The molecule has 0 unspecified atom stereocenters. The number of hydrogen-bond acceptors (Lipinski definition) is 4. The summed E-state index contributed by atoms with van der Waals surface area (Å²) in [5.41, 5.74) is 3.02. The Balaban J connectivity index is 1.72. The van der Waals surface area contributed by atoms with Gasteiger partial charge in [0.05, 0.1) is 5.69 Å². The molecule has 1 aliphatic heterocycles. The average molecular weight is 343 g/mol. The topological polar surface area (TPSA) is 62.3 Å². The predicted molar refractivity (Wildman–Crippen MR) is 95.4 cm³/mol. The van der Waals surface area contributed by atoms with Crippen molar-refractivity contribution in [1.29, 1.82) is 0 Å². The average Bonchev–Trinajstić information content (AvgIpc) is 3.19. The highest BCUT2D eigenvalue weighted by Gasteiger charge is 2.27. The van der Waals surface area contributed by atoms with Crippen molar-refractivity contribution in [2.45, 2.75) is 39.7 Å². The van der Waals surface area contributed by atoms with Gasteiger partial charge in [0.2, 0.25) is 5.91 Å². The molecule has 3 rings (SSSR count). The molecule has 2 aromatic rings. The molecule has 0 atom stereocenters. The van der Waals surface area contributed by atoms with Crippen molar-refractivity contribution in [3.8, 4) is 0 Å². The van der Waals surface area contributed by atoms with Crippen molar-refractivity contribution < 1.29 is 9.59 Å². The van der Waals surface area contributed by atoms with Crippen molar-refractivity contribution >= 4 is 28.3 Å². The van der Waals surface area contributed by atoms with Gasteiger partial charge in [0, 0.05) is 19.5 Å². The lowest BCUT2D eigenvalue weighted by molar-refractivity contribution is -0.117. The Hall–Kier alpha value is -2.21. The molecule has 1 aliphatic rings. The Morgan fingerprint density at radius 2 is 2.08 bits per heavy atom. The number of nitrogens with zero attached hydrogens (tertiary/aromatic N) is 2. The van der Waals surface area contributed by atoms with E-state index in [1.54, 1.807) is 4.90 Å². The number of amides is 2. The molecule has 0 radical (unpaired) electrons. The molecule has 0 bridgehead atoms. The minimum absolute atomic E-state index is 0.0954. The van der Waals surface area contributed by atoms with Gasteiger partial charge in [0.15, 0.2) is 5.13 Å². The van der Waals surface area contributed by atoms with Crippen molar-refractivity contribution in [1.82, 2.24) is 10.3 Å². The van der Waals surface area contributed by atoms with Crippen LogP contribution in [0.2, 0.25) is 0 Å². The first-order valence-electron chi connectivity index (χ1n) is 8.22. The number of thiazole rings is 1. The van der Waals surface area contributed by atoms with Crippen molar-refractivity contribution in [2.75, 3.05) is 11.4 Å². The number of nitrogens with one attached hydrogen (secondary N) is 1. The normalized spacial score (nSPS) is 14.2. The third kappa shape index (κ3) is 3.48. The largest absolute Gasteiger partial charge is 0.347 e. The van der Waals surface area contributed by atoms with Gasteiger partial charge in [-0.1, -0.05) is 48.1 Å². The standard InChI is InChI=1S/C18H21N3O2S/c1-3-14-16(24-18(20-14)21-10-4-5-15(21)22)17(23)19-11-13-8-6-12(2)7-9-13/h6-9H,3-5,10-11H2,1-2H3,(H,19,23).